The molecule has 26 heavy (non-hydrogen) atoms. The lowest BCUT2D eigenvalue weighted by Gasteiger charge is -2.35. The van der Waals surface area contributed by atoms with E-state index in [0.717, 1.165) is 17.5 Å². The molecule has 1 aliphatic heterocycles. The summed E-state index contributed by atoms with van der Waals surface area (Å²) in [5.41, 5.74) is 2.50. The van der Waals surface area contributed by atoms with Crippen molar-refractivity contribution in [3.05, 3.63) is 65.0 Å². The number of amides is 1. The molecule has 0 aromatic heterocycles. The van der Waals surface area contributed by atoms with Gasteiger partial charge in [-0.15, -0.1) is 0 Å². The summed E-state index contributed by atoms with van der Waals surface area (Å²) in [6.45, 7) is 5.97. The molecule has 0 N–H and O–H groups in total. The number of fused-ring (bicyclic) bond motifs is 1. The molecule has 1 amide bonds. The van der Waals surface area contributed by atoms with Gasteiger partial charge in [-0.25, -0.2) is 4.39 Å². The average Bonchev–Trinajstić information content (AvgIpc) is 2.66. The molecule has 1 atom stereocenters. The Morgan fingerprint density at radius 3 is 2.85 bits per heavy atom. The van der Waals surface area contributed by atoms with E-state index in [2.05, 4.69) is 0 Å². The maximum atomic E-state index is 13.7. The summed E-state index contributed by atoms with van der Waals surface area (Å²) < 4.78 is 24.7. The molecule has 0 unspecified atom stereocenters. The lowest BCUT2D eigenvalue weighted by Crippen LogP contribution is -2.39. The minimum absolute atomic E-state index is 0.0978. The highest BCUT2D eigenvalue weighted by molar-refractivity contribution is 5.97. The van der Waals surface area contributed by atoms with Gasteiger partial charge < -0.3 is 14.4 Å². The summed E-state index contributed by atoms with van der Waals surface area (Å²) in [6, 6.07) is 11.9. The van der Waals surface area contributed by atoms with Crippen molar-refractivity contribution in [2.24, 2.45) is 0 Å². The number of hydrogen-bond donors (Lipinski definition) is 0. The number of rotatable bonds is 6. The number of para-hydroxylation sites is 1. The van der Waals surface area contributed by atoms with Gasteiger partial charge in [-0.1, -0.05) is 18.2 Å². The zero-order valence-corrected chi connectivity index (χ0v) is 15.2. The third-order valence-electron chi connectivity index (χ3n) is 4.72. The Labute approximate surface area is 153 Å². The van der Waals surface area contributed by atoms with Gasteiger partial charge in [0.15, 0.2) is 0 Å². The van der Waals surface area contributed by atoms with Crippen LogP contribution in [0.25, 0.3) is 0 Å². The number of benzene rings is 2. The third kappa shape index (κ3) is 3.88. The number of hydrogen-bond acceptors (Lipinski definition) is 3. The highest BCUT2D eigenvalue weighted by atomic mass is 19.1. The topological polar surface area (TPSA) is 38.8 Å². The molecule has 0 radical (unpaired) electrons. The zero-order valence-electron chi connectivity index (χ0n) is 15.2. The normalized spacial score (nSPS) is 16.3. The fourth-order valence-electron chi connectivity index (χ4n) is 3.34. The van der Waals surface area contributed by atoms with Crippen molar-refractivity contribution in [1.29, 1.82) is 0 Å². The zero-order chi connectivity index (χ0) is 18.5. The number of halogens is 1. The molecule has 2 aromatic rings. The molecule has 5 heteroatoms. The average molecular weight is 357 g/mol. The SMILES string of the molecule is CCOCCOc1ccccc1C(=O)N1CCc2ccc(F)cc2[C@H]1C. The molecule has 0 aliphatic carbocycles. The van der Waals surface area contributed by atoms with Crippen molar-refractivity contribution in [1.82, 2.24) is 4.90 Å². The van der Waals surface area contributed by atoms with E-state index in [1.807, 2.05) is 32.0 Å². The van der Waals surface area contributed by atoms with Gasteiger partial charge in [0.05, 0.1) is 18.2 Å². The quantitative estimate of drug-likeness (QED) is 0.734. The van der Waals surface area contributed by atoms with Crippen LogP contribution in [0.5, 0.6) is 5.75 Å². The van der Waals surface area contributed by atoms with Gasteiger partial charge in [0.1, 0.15) is 18.2 Å². The molecular weight excluding hydrogens is 333 g/mol. The van der Waals surface area contributed by atoms with Crippen LogP contribution in [0.1, 0.15) is 41.4 Å². The number of nitrogens with zero attached hydrogens (tertiary/aromatic N) is 1. The summed E-state index contributed by atoms with van der Waals surface area (Å²) in [5.74, 6) is 0.179. The van der Waals surface area contributed by atoms with Crippen LogP contribution in [0, 0.1) is 5.82 Å². The van der Waals surface area contributed by atoms with E-state index in [9.17, 15) is 9.18 Å². The van der Waals surface area contributed by atoms with E-state index >= 15 is 0 Å². The van der Waals surface area contributed by atoms with E-state index in [4.69, 9.17) is 9.47 Å². The molecule has 138 valence electrons. The molecule has 3 rings (SSSR count). The lowest BCUT2D eigenvalue weighted by atomic mass is 9.93. The number of carbonyl (C=O) groups is 1. The molecule has 0 fully saturated rings. The van der Waals surface area contributed by atoms with Gasteiger partial charge in [0.2, 0.25) is 0 Å². The van der Waals surface area contributed by atoms with Crippen molar-refractivity contribution in [3.8, 4) is 5.75 Å². The Bertz CT molecular complexity index is 778. The molecule has 2 aromatic carbocycles. The molecule has 0 spiro atoms. The van der Waals surface area contributed by atoms with Crippen molar-refractivity contribution < 1.29 is 18.7 Å². The van der Waals surface area contributed by atoms with Crippen molar-refractivity contribution in [3.63, 3.8) is 0 Å². The second kappa shape index (κ2) is 8.32. The van der Waals surface area contributed by atoms with E-state index < -0.39 is 0 Å². The van der Waals surface area contributed by atoms with E-state index in [1.54, 1.807) is 17.0 Å². The first-order chi connectivity index (χ1) is 12.6. The Kier molecular flexibility index (Phi) is 5.89. The van der Waals surface area contributed by atoms with Crippen LogP contribution in [-0.2, 0) is 11.2 Å². The van der Waals surface area contributed by atoms with E-state index in [-0.39, 0.29) is 17.8 Å². The molecule has 0 bridgehead atoms. The maximum Gasteiger partial charge on any atom is 0.258 e. The summed E-state index contributed by atoms with van der Waals surface area (Å²) in [4.78, 5) is 14.9. The van der Waals surface area contributed by atoms with E-state index in [0.29, 0.717) is 37.7 Å². The Morgan fingerprint density at radius 1 is 1.23 bits per heavy atom. The fourth-order valence-corrected chi connectivity index (χ4v) is 3.34. The molecule has 0 saturated carbocycles. The van der Waals surface area contributed by atoms with Crippen LogP contribution in [-0.4, -0.2) is 37.2 Å². The number of ether oxygens (including phenoxy) is 2. The van der Waals surface area contributed by atoms with Gasteiger partial charge in [0, 0.05) is 13.2 Å². The smallest absolute Gasteiger partial charge is 0.258 e. The standard InChI is InChI=1S/C21H24FNO3/c1-3-25-12-13-26-20-7-5-4-6-18(20)21(24)23-11-10-16-8-9-17(22)14-19(16)15(23)2/h4-9,14-15H,3,10-13H2,1-2H3/t15-/m1/s1. The first-order valence-electron chi connectivity index (χ1n) is 9.00. The van der Waals surface area contributed by atoms with Gasteiger partial charge in [-0.05, 0) is 55.7 Å². The van der Waals surface area contributed by atoms with Gasteiger partial charge >= 0.3 is 0 Å². The Hall–Kier alpha value is -2.40. The predicted molar refractivity (Wildman–Crippen MR) is 98.0 cm³/mol. The van der Waals surface area contributed by atoms with Crippen LogP contribution in [0.2, 0.25) is 0 Å². The van der Waals surface area contributed by atoms with Crippen LogP contribution < -0.4 is 4.74 Å². The second-order valence-electron chi connectivity index (χ2n) is 6.31. The highest BCUT2D eigenvalue weighted by Gasteiger charge is 2.29. The van der Waals surface area contributed by atoms with Crippen molar-refractivity contribution in [2.75, 3.05) is 26.4 Å². The minimum Gasteiger partial charge on any atom is -0.490 e. The maximum absolute atomic E-state index is 13.7. The Morgan fingerprint density at radius 2 is 2.04 bits per heavy atom. The first kappa shape index (κ1) is 18.4. The van der Waals surface area contributed by atoms with Gasteiger partial charge in [-0.3, -0.25) is 4.79 Å². The largest absolute Gasteiger partial charge is 0.490 e. The van der Waals surface area contributed by atoms with E-state index in [1.165, 1.54) is 12.1 Å². The lowest BCUT2D eigenvalue weighted by molar-refractivity contribution is 0.0668. The van der Waals surface area contributed by atoms with Gasteiger partial charge in [-0.2, -0.15) is 0 Å². The monoisotopic (exact) mass is 357 g/mol. The van der Waals surface area contributed by atoms with Crippen LogP contribution in [0.4, 0.5) is 4.39 Å². The summed E-state index contributed by atoms with van der Waals surface area (Å²) >= 11 is 0. The number of carbonyl (C=O) groups excluding carboxylic acids is 1. The summed E-state index contributed by atoms with van der Waals surface area (Å²) in [5, 5.41) is 0. The molecule has 4 nitrogen and oxygen atoms in total. The van der Waals surface area contributed by atoms with Crippen LogP contribution in [0.15, 0.2) is 42.5 Å². The second-order valence-corrected chi connectivity index (χ2v) is 6.31. The van der Waals surface area contributed by atoms with Crippen LogP contribution >= 0.6 is 0 Å². The molecule has 0 saturated heterocycles. The summed E-state index contributed by atoms with van der Waals surface area (Å²) in [6.07, 6.45) is 0.721. The van der Waals surface area contributed by atoms with Crippen LogP contribution in [0.3, 0.4) is 0 Å². The fraction of sp³-hybridized carbons (Fsp3) is 0.381. The highest BCUT2D eigenvalue weighted by Crippen LogP contribution is 2.32. The molecular formula is C21H24FNO3. The first-order valence-corrected chi connectivity index (χ1v) is 9.00. The molecule has 1 aliphatic rings. The summed E-state index contributed by atoms with van der Waals surface area (Å²) in [7, 11) is 0. The Balaban J connectivity index is 1.79. The third-order valence-corrected chi connectivity index (χ3v) is 4.72. The minimum atomic E-state index is -0.274. The van der Waals surface area contributed by atoms with Crippen molar-refractivity contribution >= 4 is 5.91 Å². The van der Waals surface area contributed by atoms with Gasteiger partial charge in [0.25, 0.3) is 5.91 Å². The van der Waals surface area contributed by atoms with Crippen molar-refractivity contribution in [2.45, 2.75) is 26.3 Å². The molecule has 1 heterocycles. The predicted octanol–water partition coefficient (Wildman–Crippen LogP) is 4.00.